The van der Waals surface area contributed by atoms with E-state index in [0.717, 1.165) is 12.5 Å². The molecular weight excluding hydrogens is 220 g/mol. The first kappa shape index (κ1) is 13.6. The number of benzene rings is 1. The summed E-state index contributed by atoms with van der Waals surface area (Å²) in [7, 11) is 0. The van der Waals surface area contributed by atoms with Crippen LogP contribution in [0.1, 0.15) is 24.5 Å². The maximum Gasteiger partial charge on any atom is 0.00224 e. The summed E-state index contributed by atoms with van der Waals surface area (Å²) in [5.74, 6) is 0.863. The summed E-state index contributed by atoms with van der Waals surface area (Å²) in [6, 6.07) is 8.76. The Morgan fingerprint density at radius 3 is 2.94 bits per heavy atom. The van der Waals surface area contributed by atoms with Crippen molar-refractivity contribution in [3.8, 4) is 0 Å². The van der Waals surface area contributed by atoms with Gasteiger partial charge in [0.1, 0.15) is 0 Å². The van der Waals surface area contributed by atoms with E-state index >= 15 is 0 Å². The van der Waals surface area contributed by atoms with Crippen molar-refractivity contribution in [3.63, 3.8) is 0 Å². The molecule has 1 aliphatic heterocycles. The van der Waals surface area contributed by atoms with Crippen LogP contribution in [0.25, 0.3) is 0 Å². The van der Waals surface area contributed by atoms with E-state index in [1.807, 2.05) is 0 Å². The third-order valence-electron chi connectivity index (χ3n) is 4.01. The van der Waals surface area contributed by atoms with E-state index < -0.39 is 0 Å². The second-order valence-corrected chi connectivity index (χ2v) is 5.44. The van der Waals surface area contributed by atoms with Gasteiger partial charge in [0, 0.05) is 13.1 Å². The second-order valence-electron chi connectivity index (χ2n) is 5.44. The van der Waals surface area contributed by atoms with Crippen molar-refractivity contribution in [2.24, 2.45) is 5.92 Å². The molecule has 0 bridgehead atoms. The van der Waals surface area contributed by atoms with Gasteiger partial charge in [-0.1, -0.05) is 31.2 Å². The topological polar surface area (TPSA) is 15.3 Å². The van der Waals surface area contributed by atoms with Gasteiger partial charge in [-0.3, -0.25) is 0 Å². The van der Waals surface area contributed by atoms with Gasteiger partial charge in [0.15, 0.2) is 0 Å². The molecule has 2 nitrogen and oxygen atoms in total. The van der Waals surface area contributed by atoms with E-state index in [1.54, 1.807) is 0 Å². The minimum absolute atomic E-state index is 0.863. The van der Waals surface area contributed by atoms with Crippen LogP contribution in [0.4, 0.5) is 0 Å². The molecule has 1 aromatic carbocycles. The molecule has 0 aliphatic carbocycles. The van der Waals surface area contributed by atoms with E-state index in [2.05, 4.69) is 48.3 Å². The third-order valence-corrected chi connectivity index (χ3v) is 4.01. The van der Waals surface area contributed by atoms with Gasteiger partial charge in [-0.15, -0.1) is 0 Å². The molecule has 100 valence electrons. The Morgan fingerprint density at radius 2 is 2.17 bits per heavy atom. The number of hydrogen-bond donors (Lipinski definition) is 1. The zero-order chi connectivity index (χ0) is 12.8. The molecule has 1 saturated heterocycles. The lowest BCUT2D eigenvalue weighted by molar-refractivity contribution is 0.326. The highest BCUT2D eigenvalue weighted by molar-refractivity contribution is 5.25. The largest absolute Gasteiger partial charge is 0.317 e. The average molecular weight is 246 g/mol. The Kier molecular flexibility index (Phi) is 5.21. The van der Waals surface area contributed by atoms with Gasteiger partial charge < -0.3 is 10.2 Å². The molecule has 1 fully saturated rings. The molecule has 0 aromatic heterocycles. The normalized spacial score (nSPS) is 20.4. The predicted molar refractivity (Wildman–Crippen MR) is 78.0 cm³/mol. The van der Waals surface area contributed by atoms with E-state index in [4.69, 9.17) is 0 Å². The molecule has 18 heavy (non-hydrogen) atoms. The summed E-state index contributed by atoms with van der Waals surface area (Å²) in [6.45, 7) is 10.5. The van der Waals surface area contributed by atoms with Crippen LogP contribution in [0.3, 0.4) is 0 Å². The monoisotopic (exact) mass is 246 g/mol. The number of hydrogen-bond acceptors (Lipinski definition) is 2. The van der Waals surface area contributed by atoms with Crippen molar-refractivity contribution in [2.75, 3.05) is 32.7 Å². The van der Waals surface area contributed by atoms with E-state index in [9.17, 15) is 0 Å². The van der Waals surface area contributed by atoms with E-state index in [1.165, 1.54) is 50.1 Å². The minimum atomic E-state index is 0.863. The minimum Gasteiger partial charge on any atom is -0.317 e. The summed E-state index contributed by atoms with van der Waals surface area (Å²) in [4.78, 5) is 2.62. The van der Waals surface area contributed by atoms with Gasteiger partial charge in [0.05, 0.1) is 0 Å². The first-order valence-electron chi connectivity index (χ1n) is 7.27. The molecule has 1 N–H and O–H groups in total. The SMILES string of the molecule is CCNCC1CCN(CCc2ccccc2C)C1. The van der Waals surface area contributed by atoms with Gasteiger partial charge in [-0.2, -0.15) is 0 Å². The van der Waals surface area contributed by atoms with Crippen molar-refractivity contribution in [3.05, 3.63) is 35.4 Å². The molecule has 0 amide bonds. The van der Waals surface area contributed by atoms with Crippen molar-refractivity contribution in [1.29, 1.82) is 0 Å². The van der Waals surface area contributed by atoms with Crippen LogP contribution in [0, 0.1) is 12.8 Å². The molecule has 1 aromatic rings. The maximum absolute atomic E-state index is 3.47. The Bertz CT molecular complexity index is 362. The zero-order valence-corrected chi connectivity index (χ0v) is 11.8. The number of aryl methyl sites for hydroxylation is 1. The van der Waals surface area contributed by atoms with Crippen molar-refractivity contribution < 1.29 is 0 Å². The average Bonchev–Trinajstić information content (AvgIpc) is 2.83. The van der Waals surface area contributed by atoms with Gasteiger partial charge in [0.2, 0.25) is 0 Å². The van der Waals surface area contributed by atoms with Crippen LogP contribution in [0.5, 0.6) is 0 Å². The molecule has 0 saturated carbocycles. The molecule has 1 atom stereocenters. The van der Waals surface area contributed by atoms with Crippen LogP contribution >= 0.6 is 0 Å². The number of nitrogens with zero attached hydrogens (tertiary/aromatic N) is 1. The summed E-state index contributed by atoms with van der Waals surface area (Å²) in [5, 5.41) is 3.47. The zero-order valence-electron chi connectivity index (χ0n) is 11.8. The highest BCUT2D eigenvalue weighted by Crippen LogP contribution is 2.16. The highest BCUT2D eigenvalue weighted by atomic mass is 15.1. The number of likely N-dealkylation sites (tertiary alicyclic amines) is 1. The smallest absolute Gasteiger partial charge is 0.00224 e. The molecule has 2 heteroatoms. The van der Waals surface area contributed by atoms with Crippen molar-refractivity contribution in [2.45, 2.75) is 26.7 Å². The number of rotatable bonds is 6. The fourth-order valence-corrected chi connectivity index (χ4v) is 2.80. The van der Waals surface area contributed by atoms with E-state index in [-0.39, 0.29) is 0 Å². The standard InChI is InChI=1S/C16H26N2/c1-3-17-12-15-8-10-18(13-15)11-9-16-7-5-4-6-14(16)2/h4-7,15,17H,3,8-13H2,1-2H3. The Hall–Kier alpha value is -0.860. The molecule has 1 aliphatic rings. The van der Waals surface area contributed by atoms with Crippen LogP contribution in [0.2, 0.25) is 0 Å². The second kappa shape index (κ2) is 6.91. The molecule has 1 heterocycles. The fraction of sp³-hybridized carbons (Fsp3) is 0.625. The lowest BCUT2D eigenvalue weighted by Gasteiger charge is -2.16. The number of nitrogens with one attached hydrogen (secondary N) is 1. The molecule has 2 rings (SSSR count). The molecule has 1 unspecified atom stereocenters. The lowest BCUT2D eigenvalue weighted by atomic mass is 10.1. The van der Waals surface area contributed by atoms with Gasteiger partial charge in [0.25, 0.3) is 0 Å². The van der Waals surface area contributed by atoms with E-state index in [0.29, 0.717) is 0 Å². The summed E-state index contributed by atoms with van der Waals surface area (Å²) < 4.78 is 0. The molecule has 0 radical (unpaired) electrons. The maximum atomic E-state index is 3.47. The van der Waals surface area contributed by atoms with Crippen LogP contribution < -0.4 is 5.32 Å². The Labute approximate surface area is 111 Å². The van der Waals surface area contributed by atoms with Gasteiger partial charge in [-0.25, -0.2) is 0 Å². The first-order chi connectivity index (χ1) is 8.79. The Morgan fingerprint density at radius 1 is 1.33 bits per heavy atom. The van der Waals surface area contributed by atoms with Crippen molar-refractivity contribution in [1.82, 2.24) is 10.2 Å². The fourth-order valence-electron chi connectivity index (χ4n) is 2.80. The summed E-state index contributed by atoms with van der Waals surface area (Å²) >= 11 is 0. The first-order valence-corrected chi connectivity index (χ1v) is 7.27. The van der Waals surface area contributed by atoms with Crippen LogP contribution in [0.15, 0.2) is 24.3 Å². The predicted octanol–water partition coefficient (Wildman–Crippen LogP) is 2.47. The van der Waals surface area contributed by atoms with Gasteiger partial charge in [-0.05, 0) is 56.4 Å². The van der Waals surface area contributed by atoms with Crippen LogP contribution in [-0.4, -0.2) is 37.6 Å². The Balaban J connectivity index is 1.74. The van der Waals surface area contributed by atoms with Gasteiger partial charge >= 0.3 is 0 Å². The van der Waals surface area contributed by atoms with Crippen molar-refractivity contribution >= 4 is 0 Å². The summed E-state index contributed by atoms with van der Waals surface area (Å²) in [6.07, 6.45) is 2.56. The third kappa shape index (κ3) is 3.82. The molecular formula is C16H26N2. The summed E-state index contributed by atoms with van der Waals surface area (Å²) in [5.41, 5.74) is 2.94. The van der Waals surface area contributed by atoms with Crippen LogP contribution in [-0.2, 0) is 6.42 Å². The quantitative estimate of drug-likeness (QED) is 0.829. The molecule has 0 spiro atoms. The highest BCUT2D eigenvalue weighted by Gasteiger charge is 2.21. The lowest BCUT2D eigenvalue weighted by Crippen LogP contribution is -2.27.